The molecule has 2 nitrogen and oxygen atoms in total. The molecule has 1 heterocycles. The van der Waals surface area contributed by atoms with Crippen LogP contribution >= 0.6 is 11.3 Å². The van der Waals surface area contributed by atoms with Crippen LogP contribution in [0.1, 0.15) is 22.1 Å². The third kappa shape index (κ3) is 2.71. The van der Waals surface area contributed by atoms with Gasteiger partial charge in [0.05, 0.1) is 0 Å². The van der Waals surface area contributed by atoms with E-state index in [4.69, 9.17) is 10.5 Å². The van der Waals surface area contributed by atoms with Crippen molar-refractivity contribution in [3.63, 3.8) is 0 Å². The van der Waals surface area contributed by atoms with Gasteiger partial charge in [-0.1, -0.05) is 6.07 Å². The van der Waals surface area contributed by atoms with Crippen LogP contribution in [0.4, 0.5) is 4.39 Å². The van der Waals surface area contributed by atoms with Gasteiger partial charge in [-0.05, 0) is 48.6 Å². The van der Waals surface area contributed by atoms with Crippen LogP contribution in [0.5, 0.6) is 5.75 Å². The standard InChI is InChI=1S/C14H16FNOS/c1-9-3-4-11(15)12(7-9)17-13(8-16)14-10(2)5-6-18-14/h3-7,13H,8,16H2,1-2H3. The van der Waals surface area contributed by atoms with Crippen LogP contribution in [-0.2, 0) is 0 Å². The number of halogens is 1. The highest BCUT2D eigenvalue weighted by Crippen LogP contribution is 2.29. The van der Waals surface area contributed by atoms with Gasteiger partial charge in [0.1, 0.15) is 6.10 Å². The zero-order valence-electron chi connectivity index (χ0n) is 10.4. The first-order valence-corrected chi connectivity index (χ1v) is 6.66. The van der Waals surface area contributed by atoms with E-state index in [1.807, 2.05) is 25.3 Å². The van der Waals surface area contributed by atoms with E-state index in [1.54, 1.807) is 23.5 Å². The molecule has 1 aromatic heterocycles. The minimum absolute atomic E-state index is 0.262. The van der Waals surface area contributed by atoms with E-state index in [1.165, 1.54) is 6.07 Å². The molecule has 1 atom stereocenters. The summed E-state index contributed by atoms with van der Waals surface area (Å²) < 4.78 is 19.4. The molecule has 4 heteroatoms. The molecule has 2 N–H and O–H groups in total. The molecule has 0 fully saturated rings. The molecule has 2 aromatic rings. The van der Waals surface area contributed by atoms with E-state index >= 15 is 0 Å². The zero-order valence-corrected chi connectivity index (χ0v) is 11.3. The minimum Gasteiger partial charge on any atom is -0.480 e. The molecule has 1 aromatic carbocycles. The van der Waals surface area contributed by atoms with E-state index in [9.17, 15) is 4.39 Å². The minimum atomic E-state index is -0.353. The van der Waals surface area contributed by atoms with Crippen molar-refractivity contribution in [2.75, 3.05) is 6.54 Å². The number of hydrogen-bond acceptors (Lipinski definition) is 3. The topological polar surface area (TPSA) is 35.2 Å². The number of ether oxygens (including phenoxy) is 1. The van der Waals surface area contributed by atoms with Crippen molar-refractivity contribution < 1.29 is 9.13 Å². The van der Waals surface area contributed by atoms with Gasteiger partial charge in [0.2, 0.25) is 0 Å². The van der Waals surface area contributed by atoms with Crippen LogP contribution in [-0.4, -0.2) is 6.54 Å². The van der Waals surface area contributed by atoms with Crippen molar-refractivity contribution in [2.45, 2.75) is 20.0 Å². The second-order valence-corrected chi connectivity index (χ2v) is 5.19. The summed E-state index contributed by atoms with van der Waals surface area (Å²) >= 11 is 1.58. The first kappa shape index (κ1) is 13.1. The molecule has 0 radical (unpaired) electrons. The lowest BCUT2D eigenvalue weighted by Crippen LogP contribution is -2.18. The fourth-order valence-electron chi connectivity index (χ4n) is 1.78. The Hall–Kier alpha value is -1.39. The molecule has 0 spiro atoms. The van der Waals surface area contributed by atoms with E-state index in [2.05, 4.69) is 0 Å². The van der Waals surface area contributed by atoms with Gasteiger partial charge >= 0.3 is 0 Å². The fourth-order valence-corrected chi connectivity index (χ4v) is 2.75. The Bertz CT molecular complexity index is 538. The van der Waals surface area contributed by atoms with E-state index in [-0.39, 0.29) is 17.7 Å². The molecule has 0 bridgehead atoms. The lowest BCUT2D eigenvalue weighted by molar-refractivity contribution is 0.207. The van der Waals surface area contributed by atoms with Crippen LogP contribution < -0.4 is 10.5 Å². The van der Waals surface area contributed by atoms with Crippen molar-refractivity contribution in [2.24, 2.45) is 5.73 Å². The number of aryl methyl sites for hydroxylation is 2. The molecule has 0 saturated carbocycles. The summed E-state index contributed by atoms with van der Waals surface area (Å²) in [5.74, 6) is -0.0912. The molecule has 0 aliphatic heterocycles. The van der Waals surface area contributed by atoms with Crippen molar-refractivity contribution in [1.29, 1.82) is 0 Å². The predicted octanol–water partition coefficient (Wildman–Crippen LogP) is 3.58. The number of thiophene rings is 1. The van der Waals surface area contributed by atoms with Crippen molar-refractivity contribution in [3.05, 3.63) is 51.5 Å². The van der Waals surface area contributed by atoms with Crippen LogP contribution in [0.15, 0.2) is 29.6 Å². The molecule has 96 valence electrons. The van der Waals surface area contributed by atoms with E-state index in [0.29, 0.717) is 6.54 Å². The smallest absolute Gasteiger partial charge is 0.165 e. The van der Waals surface area contributed by atoms with Gasteiger partial charge in [0.25, 0.3) is 0 Å². The maximum absolute atomic E-state index is 13.6. The second-order valence-electron chi connectivity index (χ2n) is 4.24. The van der Waals surface area contributed by atoms with Gasteiger partial charge in [-0.3, -0.25) is 0 Å². The summed E-state index contributed by atoms with van der Waals surface area (Å²) in [4.78, 5) is 1.05. The molecule has 0 amide bonds. The maximum Gasteiger partial charge on any atom is 0.165 e. The SMILES string of the molecule is Cc1ccc(F)c(OC(CN)c2sccc2C)c1. The fraction of sp³-hybridized carbons (Fsp3) is 0.286. The number of rotatable bonds is 4. The highest BCUT2D eigenvalue weighted by atomic mass is 32.1. The van der Waals surface area contributed by atoms with Crippen LogP contribution in [0.25, 0.3) is 0 Å². The molecule has 0 aliphatic carbocycles. The summed E-state index contributed by atoms with van der Waals surface area (Å²) in [6.07, 6.45) is -0.290. The Balaban J connectivity index is 2.26. The Kier molecular flexibility index (Phi) is 3.99. The van der Waals surface area contributed by atoms with Crippen molar-refractivity contribution in [3.8, 4) is 5.75 Å². The van der Waals surface area contributed by atoms with E-state index < -0.39 is 0 Å². The highest BCUT2D eigenvalue weighted by molar-refractivity contribution is 7.10. The average molecular weight is 265 g/mol. The highest BCUT2D eigenvalue weighted by Gasteiger charge is 2.17. The second kappa shape index (κ2) is 5.50. The van der Waals surface area contributed by atoms with Crippen LogP contribution in [0, 0.1) is 19.7 Å². The monoisotopic (exact) mass is 265 g/mol. The number of benzene rings is 1. The van der Waals surface area contributed by atoms with E-state index in [0.717, 1.165) is 16.0 Å². The molecule has 0 saturated heterocycles. The van der Waals surface area contributed by atoms with Crippen LogP contribution in [0.2, 0.25) is 0 Å². The van der Waals surface area contributed by atoms with Gasteiger partial charge in [0.15, 0.2) is 11.6 Å². The molecular weight excluding hydrogens is 249 g/mol. The zero-order chi connectivity index (χ0) is 13.1. The van der Waals surface area contributed by atoms with Gasteiger partial charge in [-0.25, -0.2) is 4.39 Å². The Morgan fingerprint density at radius 3 is 2.72 bits per heavy atom. The normalized spacial score (nSPS) is 12.4. The van der Waals surface area contributed by atoms with Gasteiger partial charge in [-0.15, -0.1) is 11.3 Å². The molecule has 0 aliphatic rings. The van der Waals surface area contributed by atoms with Crippen molar-refractivity contribution in [1.82, 2.24) is 0 Å². The Morgan fingerprint density at radius 1 is 1.33 bits per heavy atom. The summed E-state index contributed by atoms with van der Waals surface area (Å²) in [7, 11) is 0. The third-order valence-corrected chi connectivity index (χ3v) is 3.88. The number of hydrogen-bond donors (Lipinski definition) is 1. The van der Waals surface area contributed by atoms with Gasteiger partial charge in [0, 0.05) is 11.4 Å². The molecule has 2 rings (SSSR count). The summed E-state index contributed by atoms with van der Waals surface area (Å²) in [6.45, 7) is 4.24. The lowest BCUT2D eigenvalue weighted by atomic mass is 10.2. The predicted molar refractivity (Wildman–Crippen MR) is 72.6 cm³/mol. The Morgan fingerprint density at radius 2 is 2.11 bits per heavy atom. The quantitative estimate of drug-likeness (QED) is 0.917. The van der Waals surface area contributed by atoms with Crippen molar-refractivity contribution >= 4 is 11.3 Å². The largest absolute Gasteiger partial charge is 0.480 e. The first-order valence-electron chi connectivity index (χ1n) is 5.78. The third-order valence-electron chi connectivity index (χ3n) is 2.76. The first-order chi connectivity index (χ1) is 8.61. The van der Waals surface area contributed by atoms with Gasteiger partial charge in [-0.2, -0.15) is 0 Å². The summed E-state index contributed by atoms with van der Waals surface area (Å²) in [5.41, 5.74) is 7.82. The Labute approximate surface area is 110 Å². The van der Waals surface area contributed by atoms with Gasteiger partial charge < -0.3 is 10.5 Å². The maximum atomic E-state index is 13.6. The number of nitrogens with two attached hydrogens (primary N) is 1. The lowest BCUT2D eigenvalue weighted by Gasteiger charge is -2.18. The summed E-state index contributed by atoms with van der Waals surface area (Å²) in [5, 5.41) is 1.99. The summed E-state index contributed by atoms with van der Waals surface area (Å²) in [6, 6.07) is 6.84. The molecule has 1 unspecified atom stereocenters. The average Bonchev–Trinajstić information content (AvgIpc) is 2.77. The molecule has 18 heavy (non-hydrogen) atoms. The molecular formula is C14H16FNOS. The van der Waals surface area contributed by atoms with Crippen LogP contribution in [0.3, 0.4) is 0 Å².